The number of anilines is 2. The molecule has 5 rings (SSSR count). The average molecular weight is 415 g/mol. The minimum Gasteiger partial charge on any atom is -0.497 e. The molecule has 3 aromatic rings. The van der Waals surface area contributed by atoms with E-state index in [1.807, 2.05) is 0 Å². The summed E-state index contributed by atoms with van der Waals surface area (Å²) in [5.74, 6) is 1.89. The predicted octanol–water partition coefficient (Wildman–Crippen LogP) is 5.43. The van der Waals surface area contributed by atoms with Crippen molar-refractivity contribution in [3.05, 3.63) is 83.9 Å². The number of fused-ring (bicyclic) bond motifs is 2. The van der Waals surface area contributed by atoms with Gasteiger partial charge in [-0.05, 0) is 61.7 Å². The second kappa shape index (κ2) is 9.03. The Morgan fingerprint density at radius 2 is 1.71 bits per heavy atom. The van der Waals surface area contributed by atoms with Gasteiger partial charge in [0.2, 0.25) is 0 Å². The molecule has 31 heavy (non-hydrogen) atoms. The summed E-state index contributed by atoms with van der Waals surface area (Å²) >= 11 is 0. The van der Waals surface area contributed by atoms with Gasteiger partial charge >= 0.3 is 0 Å². The highest BCUT2D eigenvalue weighted by atomic mass is 16.5. The summed E-state index contributed by atoms with van der Waals surface area (Å²) in [4.78, 5) is 5.15. The molecular formula is C27H30N2O2. The van der Waals surface area contributed by atoms with E-state index in [9.17, 15) is 0 Å². The van der Waals surface area contributed by atoms with Gasteiger partial charge in [0.15, 0.2) is 0 Å². The molecule has 0 radical (unpaired) electrons. The van der Waals surface area contributed by atoms with Crippen molar-refractivity contribution >= 4 is 11.4 Å². The average Bonchev–Trinajstić information content (AvgIpc) is 3.21. The Hall–Kier alpha value is -2.98. The monoisotopic (exact) mass is 414 g/mol. The van der Waals surface area contributed by atoms with Crippen LogP contribution in [0.1, 0.15) is 24.0 Å². The fraction of sp³-hybridized carbons (Fsp3) is 0.333. The lowest BCUT2D eigenvalue weighted by molar-refractivity contribution is 0.261. The Bertz CT molecular complexity index is 970. The van der Waals surface area contributed by atoms with Gasteiger partial charge < -0.3 is 14.4 Å². The molecule has 1 atom stereocenters. The summed E-state index contributed by atoms with van der Waals surface area (Å²) in [6.07, 6.45) is 3.57. The summed E-state index contributed by atoms with van der Waals surface area (Å²) in [6.45, 7) is 3.87. The van der Waals surface area contributed by atoms with Gasteiger partial charge in [-0.25, -0.2) is 0 Å². The molecule has 2 heterocycles. The number of nitrogens with zero attached hydrogens (tertiary/aromatic N) is 2. The van der Waals surface area contributed by atoms with Crippen molar-refractivity contribution < 1.29 is 9.47 Å². The van der Waals surface area contributed by atoms with Crippen LogP contribution in [0.5, 0.6) is 11.5 Å². The van der Waals surface area contributed by atoms with Gasteiger partial charge in [-0.3, -0.25) is 4.90 Å². The molecule has 160 valence electrons. The molecule has 2 aliphatic rings. The third-order valence-electron chi connectivity index (χ3n) is 6.56. The van der Waals surface area contributed by atoms with Gasteiger partial charge in [-0.2, -0.15) is 0 Å². The van der Waals surface area contributed by atoms with E-state index in [1.54, 1.807) is 7.11 Å². The van der Waals surface area contributed by atoms with Gasteiger partial charge in [0.25, 0.3) is 0 Å². The van der Waals surface area contributed by atoms with Crippen molar-refractivity contribution in [2.45, 2.75) is 31.9 Å². The molecule has 0 amide bonds. The zero-order chi connectivity index (χ0) is 21.0. The van der Waals surface area contributed by atoms with E-state index in [1.165, 1.54) is 41.9 Å². The van der Waals surface area contributed by atoms with Gasteiger partial charge in [0, 0.05) is 30.4 Å². The molecule has 0 spiro atoms. The van der Waals surface area contributed by atoms with E-state index in [4.69, 9.17) is 9.47 Å². The van der Waals surface area contributed by atoms with Crippen LogP contribution in [0.15, 0.2) is 72.8 Å². The highest BCUT2D eigenvalue weighted by Crippen LogP contribution is 2.40. The molecule has 0 aliphatic carbocycles. The molecule has 0 aromatic heterocycles. The lowest BCUT2D eigenvalue weighted by Crippen LogP contribution is -2.39. The maximum atomic E-state index is 6.16. The van der Waals surface area contributed by atoms with Crippen molar-refractivity contribution in [1.82, 2.24) is 4.90 Å². The van der Waals surface area contributed by atoms with Crippen LogP contribution in [-0.4, -0.2) is 37.7 Å². The summed E-state index contributed by atoms with van der Waals surface area (Å²) in [6, 6.07) is 26.1. The molecule has 3 aromatic carbocycles. The quantitative estimate of drug-likeness (QED) is 0.537. The fourth-order valence-electron chi connectivity index (χ4n) is 4.85. The van der Waals surface area contributed by atoms with Crippen LogP contribution in [0.3, 0.4) is 0 Å². The van der Waals surface area contributed by atoms with Crippen molar-refractivity contribution in [3.63, 3.8) is 0 Å². The molecule has 1 fully saturated rings. The zero-order valence-corrected chi connectivity index (χ0v) is 18.2. The van der Waals surface area contributed by atoms with Crippen molar-refractivity contribution in [3.8, 4) is 11.5 Å². The number of ether oxygens (including phenoxy) is 2. The molecule has 0 N–H and O–H groups in total. The first kappa shape index (κ1) is 20.0. The standard InChI is InChI=1S/C27H30N2O2/c1-30-24-14-12-21(13-15-24)16-18-28-17-6-8-23(28)19-29-25-9-3-2-7-22(25)20-31-27-11-5-4-10-26(27)29/h2-5,7,9-15,23H,6,8,16-20H2,1H3/t23-/m1/s1. The first-order valence-electron chi connectivity index (χ1n) is 11.3. The number of benzene rings is 3. The van der Waals surface area contributed by atoms with E-state index >= 15 is 0 Å². The Labute approximate surface area is 185 Å². The van der Waals surface area contributed by atoms with Crippen LogP contribution in [0, 0.1) is 0 Å². The largest absolute Gasteiger partial charge is 0.497 e. The normalized spacial score (nSPS) is 18.1. The molecule has 0 saturated carbocycles. The highest BCUT2D eigenvalue weighted by Gasteiger charge is 2.29. The van der Waals surface area contributed by atoms with Gasteiger partial charge in [0.05, 0.1) is 12.8 Å². The minimum atomic E-state index is 0.539. The maximum Gasteiger partial charge on any atom is 0.143 e. The number of hydrogen-bond donors (Lipinski definition) is 0. The SMILES string of the molecule is COc1ccc(CCN2CCC[C@@H]2CN2c3ccccc3COc3ccccc32)cc1. The van der Waals surface area contributed by atoms with Crippen LogP contribution in [0.25, 0.3) is 0 Å². The Balaban J connectivity index is 1.34. The minimum absolute atomic E-state index is 0.539. The fourth-order valence-corrected chi connectivity index (χ4v) is 4.85. The van der Waals surface area contributed by atoms with Gasteiger partial charge in [-0.1, -0.05) is 42.5 Å². The molecular weight excluding hydrogens is 384 g/mol. The van der Waals surface area contributed by atoms with Crippen molar-refractivity contribution in [1.29, 1.82) is 0 Å². The molecule has 4 nitrogen and oxygen atoms in total. The number of para-hydroxylation sites is 3. The van der Waals surface area contributed by atoms with Gasteiger partial charge in [-0.15, -0.1) is 0 Å². The van der Waals surface area contributed by atoms with E-state index in [-0.39, 0.29) is 0 Å². The Morgan fingerprint density at radius 3 is 2.55 bits per heavy atom. The first-order valence-corrected chi connectivity index (χ1v) is 11.3. The maximum absolute atomic E-state index is 6.16. The number of likely N-dealkylation sites (tertiary alicyclic amines) is 1. The van der Waals surface area contributed by atoms with Crippen molar-refractivity contribution in [2.75, 3.05) is 31.6 Å². The lowest BCUT2D eigenvalue weighted by atomic mass is 10.1. The third kappa shape index (κ3) is 4.26. The van der Waals surface area contributed by atoms with E-state index in [0.717, 1.165) is 31.0 Å². The molecule has 0 unspecified atom stereocenters. The molecule has 1 saturated heterocycles. The molecule has 2 aliphatic heterocycles. The van der Waals surface area contributed by atoms with E-state index < -0.39 is 0 Å². The predicted molar refractivity (Wildman–Crippen MR) is 126 cm³/mol. The van der Waals surface area contributed by atoms with Crippen LogP contribution < -0.4 is 14.4 Å². The lowest BCUT2D eigenvalue weighted by Gasteiger charge is -2.32. The Morgan fingerprint density at radius 1 is 0.935 bits per heavy atom. The summed E-state index contributed by atoms with van der Waals surface area (Å²) in [5, 5.41) is 0. The van der Waals surface area contributed by atoms with Crippen LogP contribution in [0.2, 0.25) is 0 Å². The van der Waals surface area contributed by atoms with Crippen LogP contribution >= 0.6 is 0 Å². The second-order valence-corrected chi connectivity index (χ2v) is 8.43. The highest BCUT2D eigenvalue weighted by molar-refractivity contribution is 5.72. The smallest absolute Gasteiger partial charge is 0.143 e. The topological polar surface area (TPSA) is 24.9 Å². The molecule has 4 heteroatoms. The Kier molecular flexibility index (Phi) is 5.81. The second-order valence-electron chi connectivity index (χ2n) is 8.43. The van der Waals surface area contributed by atoms with Crippen molar-refractivity contribution in [2.24, 2.45) is 0 Å². The summed E-state index contributed by atoms with van der Waals surface area (Å²) < 4.78 is 11.4. The molecule has 0 bridgehead atoms. The van der Waals surface area contributed by atoms with E-state index in [2.05, 4.69) is 82.6 Å². The van der Waals surface area contributed by atoms with Crippen LogP contribution in [0.4, 0.5) is 11.4 Å². The summed E-state index contributed by atoms with van der Waals surface area (Å²) in [7, 11) is 1.72. The van der Waals surface area contributed by atoms with Gasteiger partial charge in [0.1, 0.15) is 18.1 Å². The first-order chi connectivity index (χ1) is 15.3. The summed E-state index contributed by atoms with van der Waals surface area (Å²) in [5.41, 5.74) is 5.07. The van der Waals surface area contributed by atoms with Crippen LogP contribution in [-0.2, 0) is 13.0 Å². The van der Waals surface area contributed by atoms with E-state index in [0.29, 0.717) is 12.6 Å². The number of methoxy groups -OCH3 is 1. The zero-order valence-electron chi connectivity index (χ0n) is 18.2. The third-order valence-corrected chi connectivity index (χ3v) is 6.56. The number of hydrogen-bond acceptors (Lipinski definition) is 4. The number of rotatable bonds is 6.